The van der Waals surface area contributed by atoms with Crippen LogP contribution >= 0.6 is 12.6 Å². The first-order valence-electron chi connectivity index (χ1n) is 7.77. The van der Waals surface area contributed by atoms with Crippen LogP contribution in [0.4, 0.5) is 4.79 Å². The maximum absolute atomic E-state index is 12.2. The third kappa shape index (κ3) is 3.37. The molecular formula is C17H23NO2S. The number of rotatable bonds is 3. The maximum Gasteiger partial charge on any atom is 0.410 e. The minimum absolute atomic E-state index is 0.162. The number of nitrogens with zero attached hydrogens (tertiary/aromatic N) is 1. The standard InChI is InChI=1S/C17H23NO2S/c19-16(20-11-14-4-2-1-3-5-14)18-9-8-17(13-18)7-6-15(10-17)12-21/h1-5,15,21H,6-13H2/t15-,17-/m0/s1. The molecule has 1 spiro atoms. The molecule has 2 atom stereocenters. The van der Waals surface area contributed by atoms with E-state index in [0.29, 0.717) is 12.0 Å². The summed E-state index contributed by atoms with van der Waals surface area (Å²) in [5.74, 6) is 1.70. The molecule has 2 fully saturated rings. The van der Waals surface area contributed by atoms with E-state index >= 15 is 0 Å². The van der Waals surface area contributed by atoms with Crippen LogP contribution in [0.5, 0.6) is 0 Å². The highest BCUT2D eigenvalue weighted by atomic mass is 32.1. The van der Waals surface area contributed by atoms with Crippen molar-refractivity contribution in [2.45, 2.75) is 32.3 Å². The maximum atomic E-state index is 12.2. The van der Waals surface area contributed by atoms with Crippen molar-refractivity contribution < 1.29 is 9.53 Å². The zero-order chi connectivity index (χ0) is 14.7. The predicted octanol–water partition coefficient (Wildman–Crippen LogP) is 3.75. The Hall–Kier alpha value is -1.16. The number of likely N-dealkylation sites (tertiary alicyclic amines) is 1. The zero-order valence-electron chi connectivity index (χ0n) is 12.3. The van der Waals surface area contributed by atoms with Gasteiger partial charge in [0.15, 0.2) is 0 Å². The first-order valence-corrected chi connectivity index (χ1v) is 8.40. The van der Waals surface area contributed by atoms with Crippen molar-refractivity contribution in [1.82, 2.24) is 4.90 Å². The van der Waals surface area contributed by atoms with Gasteiger partial charge in [0.1, 0.15) is 6.61 Å². The third-order valence-electron chi connectivity index (χ3n) is 4.96. The van der Waals surface area contributed by atoms with Crippen LogP contribution in [0.2, 0.25) is 0 Å². The second-order valence-electron chi connectivity index (χ2n) is 6.50. The largest absolute Gasteiger partial charge is 0.445 e. The normalized spacial score (nSPS) is 28.2. The number of thiol groups is 1. The molecule has 1 aliphatic heterocycles. The van der Waals surface area contributed by atoms with Gasteiger partial charge in [0.25, 0.3) is 0 Å². The van der Waals surface area contributed by atoms with Crippen LogP contribution in [-0.4, -0.2) is 29.8 Å². The number of carbonyl (C=O) groups is 1. The molecular weight excluding hydrogens is 282 g/mol. The van der Waals surface area contributed by atoms with E-state index in [-0.39, 0.29) is 6.09 Å². The third-order valence-corrected chi connectivity index (χ3v) is 5.48. The minimum atomic E-state index is -0.162. The molecule has 0 N–H and O–H groups in total. The summed E-state index contributed by atoms with van der Waals surface area (Å²) in [6.45, 7) is 2.07. The summed E-state index contributed by atoms with van der Waals surface area (Å²) in [4.78, 5) is 14.1. The topological polar surface area (TPSA) is 29.5 Å². The highest BCUT2D eigenvalue weighted by Crippen LogP contribution is 2.48. The SMILES string of the molecule is O=C(OCc1ccccc1)N1CC[C@]2(CC[C@H](CS)C2)C1. The van der Waals surface area contributed by atoms with Crippen LogP contribution in [0, 0.1) is 11.3 Å². The van der Waals surface area contributed by atoms with Crippen LogP contribution in [0.25, 0.3) is 0 Å². The number of ether oxygens (including phenoxy) is 1. The Morgan fingerprint density at radius 3 is 2.86 bits per heavy atom. The van der Waals surface area contributed by atoms with Crippen molar-refractivity contribution in [2.24, 2.45) is 11.3 Å². The van der Waals surface area contributed by atoms with Crippen LogP contribution in [0.3, 0.4) is 0 Å². The average Bonchev–Trinajstić information content (AvgIpc) is 3.13. The van der Waals surface area contributed by atoms with E-state index in [4.69, 9.17) is 4.74 Å². The summed E-state index contributed by atoms with van der Waals surface area (Å²) in [6.07, 6.45) is 4.68. The van der Waals surface area contributed by atoms with E-state index in [1.54, 1.807) is 0 Å². The quantitative estimate of drug-likeness (QED) is 0.862. The summed E-state index contributed by atoms with van der Waals surface area (Å²) in [7, 11) is 0. The first-order chi connectivity index (χ1) is 10.2. The van der Waals surface area contributed by atoms with Crippen molar-refractivity contribution in [2.75, 3.05) is 18.8 Å². The first kappa shape index (κ1) is 14.8. The number of hydrogen-bond donors (Lipinski definition) is 1. The van der Waals surface area contributed by atoms with Crippen molar-refractivity contribution >= 4 is 18.7 Å². The Morgan fingerprint density at radius 1 is 1.33 bits per heavy atom. The molecule has 3 nitrogen and oxygen atoms in total. The molecule has 1 amide bonds. The van der Waals surface area contributed by atoms with Gasteiger partial charge in [0.2, 0.25) is 0 Å². The van der Waals surface area contributed by atoms with Gasteiger partial charge in [0.05, 0.1) is 0 Å². The highest BCUT2D eigenvalue weighted by Gasteiger charge is 2.45. The molecule has 4 heteroatoms. The molecule has 2 aliphatic rings. The molecule has 0 bridgehead atoms. The molecule has 21 heavy (non-hydrogen) atoms. The lowest BCUT2D eigenvalue weighted by Gasteiger charge is -2.23. The van der Waals surface area contributed by atoms with Gasteiger partial charge in [-0.3, -0.25) is 0 Å². The average molecular weight is 305 g/mol. The van der Waals surface area contributed by atoms with E-state index in [2.05, 4.69) is 12.6 Å². The summed E-state index contributed by atoms with van der Waals surface area (Å²) < 4.78 is 5.44. The van der Waals surface area contributed by atoms with Crippen molar-refractivity contribution in [3.05, 3.63) is 35.9 Å². The van der Waals surface area contributed by atoms with Gasteiger partial charge in [-0.1, -0.05) is 30.3 Å². The fourth-order valence-electron chi connectivity index (χ4n) is 3.75. The Labute approximate surface area is 132 Å². The zero-order valence-corrected chi connectivity index (χ0v) is 13.2. The molecule has 0 aromatic heterocycles. The Balaban J connectivity index is 1.51. The van der Waals surface area contributed by atoms with Gasteiger partial charge < -0.3 is 9.64 Å². The predicted molar refractivity (Wildman–Crippen MR) is 86.4 cm³/mol. The monoisotopic (exact) mass is 305 g/mol. The van der Waals surface area contributed by atoms with Gasteiger partial charge in [-0.15, -0.1) is 0 Å². The summed E-state index contributed by atoms with van der Waals surface area (Å²) in [6, 6.07) is 9.85. The fraction of sp³-hybridized carbons (Fsp3) is 0.588. The number of amides is 1. The Kier molecular flexibility index (Phi) is 4.43. The lowest BCUT2D eigenvalue weighted by molar-refractivity contribution is 0.0995. The van der Waals surface area contributed by atoms with Crippen molar-refractivity contribution in [3.8, 4) is 0 Å². The summed E-state index contributed by atoms with van der Waals surface area (Å²) >= 11 is 4.42. The van der Waals surface area contributed by atoms with Gasteiger partial charge in [0, 0.05) is 13.1 Å². The van der Waals surface area contributed by atoms with Crippen LogP contribution in [0.1, 0.15) is 31.2 Å². The van der Waals surface area contributed by atoms with Gasteiger partial charge in [-0.2, -0.15) is 12.6 Å². The van der Waals surface area contributed by atoms with E-state index in [9.17, 15) is 4.79 Å². The minimum Gasteiger partial charge on any atom is -0.445 e. The van der Waals surface area contributed by atoms with Gasteiger partial charge in [-0.25, -0.2) is 4.79 Å². The molecule has 3 rings (SSSR count). The molecule has 114 valence electrons. The van der Waals surface area contributed by atoms with E-state index in [1.165, 1.54) is 19.3 Å². The van der Waals surface area contributed by atoms with Crippen LogP contribution < -0.4 is 0 Å². The lowest BCUT2D eigenvalue weighted by Crippen LogP contribution is -2.31. The second-order valence-corrected chi connectivity index (χ2v) is 6.87. The highest BCUT2D eigenvalue weighted by molar-refractivity contribution is 7.80. The fourth-order valence-corrected chi connectivity index (χ4v) is 4.07. The van der Waals surface area contributed by atoms with Crippen LogP contribution in [0.15, 0.2) is 30.3 Å². The van der Waals surface area contributed by atoms with E-state index in [1.807, 2.05) is 35.2 Å². The van der Waals surface area contributed by atoms with Crippen molar-refractivity contribution in [3.63, 3.8) is 0 Å². The molecule has 1 aromatic rings. The Bertz CT molecular complexity index is 493. The molecule has 1 aromatic carbocycles. The number of hydrogen-bond acceptors (Lipinski definition) is 3. The molecule has 0 radical (unpaired) electrons. The van der Waals surface area contributed by atoms with Gasteiger partial charge >= 0.3 is 6.09 Å². The van der Waals surface area contributed by atoms with Gasteiger partial charge in [-0.05, 0) is 48.3 Å². The Morgan fingerprint density at radius 2 is 2.14 bits per heavy atom. The number of benzene rings is 1. The molecule has 0 unspecified atom stereocenters. The van der Waals surface area contributed by atoms with E-state index in [0.717, 1.165) is 36.7 Å². The van der Waals surface area contributed by atoms with Crippen LogP contribution in [-0.2, 0) is 11.3 Å². The molecule has 1 saturated heterocycles. The lowest BCUT2D eigenvalue weighted by atomic mass is 9.85. The smallest absolute Gasteiger partial charge is 0.410 e. The van der Waals surface area contributed by atoms with Crippen molar-refractivity contribution in [1.29, 1.82) is 0 Å². The molecule has 1 heterocycles. The summed E-state index contributed by atoms with van der Waals surface area (Å²) in [5, 5.41) is 0. The van der Waals surface area contributed by atoms with E-state index < -0.39 is 0 Å². The molecule has 1 aliphatic carbocycles. The summed E-state index contributed by atoms with van der Waals surface area (Å²) in [5.41, 5.74) is 1.38. The molecule has 1 saturated carbocycles. The second kappa shape index (κ2) is 6.30. The number of carbonyl (C=O) groups excluding carboxylic acids is 1.